The van der Waals surface area contributed by atoms with Crippen molar-refractivity contribution >= 4 is 12.2 Å². The van der Waals surface area contributed by atoms with E-state index in [9.17, 15) is 0 Å². The molecule has 0 bridgehead atoms. The Morgan fingerprint density at radius 2 is 2.30 bits per heavy atom. The standard InChI is InChI=1S/C7H11N3/c1-5(2)6-7(8-3)10-4-9-6/h4H,1-3H3,(H,8,9,10). The first kappa shape index (κ1) is 6.99. The molecular weight excluding hydrogens is 126 g/mol. The quantitative estimate of drug-likeness (QED) is 0.530. The smallest absolute Gasteiger partial charge is 0.172 e. The van der Waals surface area contributed by atoms with Gasteiger partial charge in [0.15, 0.2) is 5.84 Å². The van der Waals surface area contributed by atoms with Crippen LogP contribution in [0.4, 0.5) is 0 Å². The molecule has 0 atom stereocenters. The number of hydrogen-bond donors (Lipinski definition) is 1. The Morgan fingerprint density at radius 1 is 1.60 bits per heavy atom. The van der Waals surface area contributed by atoms with Gasteiger partial charge in [-0.05, 0) is 19.4 Å². The van der Waals surface area contributed by atoms with Crippen molar-refractivity contribution in [3.8, 4) is 0 Å². The van der Waals surface area contributed by atoms with E-state index in [2.05, 4.69) is 15.3 Å². The van der Waals surface area contributed by atoms with Crippen molar-refractivity contribution in [2.75, 3.05) is 7.05 Å². The minimum atomic E-state index is 0.792. The van der Waals surface area contributed by atoms with Crippen LogP contribution in [0.15, 0.2) is 21.3 Å². The SMILES string of the molecule is CN=C1N=CNC1=C(C)C. The third-order valence-electron chi connectivity index (χ3n) is 1.33. The van der Waals surface area contributed by atoms with Crippen molar-refractivity contribution < 1.29 is 0 Å². The molecule has 0 amide bonds. The first-order chi connectivity index (χ1) is 4.75. The highest BCUT2D eigenvalue weighted by Gasteiger charge is 2.09. The maximum atomic E-state index is 4.01. The van der Waals surface area contributed by atoms with Crippen molar-refractivity contribution in [1.29, 1.82) is 0 Å². The van der Waals surface area contributed by atoms with Crippen LogP contribution in [0, 0.1) is 0 Å². The van der Waals surface area contributed by atoms with Crippen LogP contribution >= 0.6 is 0 Å². The van der Waals surface area contributed by atoms with Gasteiger partial charge in [0.2, 0.25) is 0 Å². The zero-order valence-electron chi connectivity index (χ0n) is 6.47. The summed E-state index contributed by atoms with van der Waals surface area (Å²) in [6, 6.07) is 0. The van der Waals surface area contributed by atoms with Crippen LogP contribution in [-0.4, -0.2) is 19.2 Å². The van der Waals surface area contributed by atoms with Crippen LogP contribution in [0.5, 0.6) is 0 Å². The lowest BCUT2D eigenvalue weighted by Gasteiger charge is -1.99. The zero-order chi connectivity index (χ0) is 7.56. The fourth-order valence-corrected chi connectivity index (χ4v) is 0.825. The van der Waals surface area contributed by atoms with Crippen molar-refractivity contribution in [1.82, 2.24) is 5.32 Å². The van der Waals surface area contributed by atoms with E-state index >= 15 is 0 Å². The van der Waals surface area contributed by atoms with E-state index < -0.39 is 0 Å². The molecule has 1 heterocycles. The number of nitrogens with one attached hydrogen (secondary N) is 1. The van der Waals surface area contributed by atoms with Crippen LogP contribution in [-0.2, 0) is 0 Å². The largest absolute Gasteiger partial charge is 0.343 e. The van der Waals surface area contributed by atoms with Gasteiger partial charge in [0.25, 0.3) is 0 Å². The van der Waals surface area contributed by atoms with Gasteiger partial charge in [0.05, 0.1) is 12.0 Å². The Bertz CT molecular complexity index is 219. The Labute approximate surface area is 60.6 Å². The highest BCUT2D eigenvalue weighted by atomic mass is 15.1. The number of hydrogen-bond acceptors (Lipinski definition) is 2. The highest BCUT2D eigenvalue weighted by molar-refractivity contribution is 6.08. The van der Waals surface area contributed by atoms with Gasteiger partial charge in [-0.1, -0.05) is 0 Å². The van der Waals surface area contributed by atoms with E-state index in [1.165, 1.54) is 5.57 Å². The first-order valence-corrected chi connectivity index (χ1v) is 3.19. The van der Waals surface area contributed by atoms with E-state index in [0.29, 0.717) is 0 Å². The molecular formula is C7H11N3. The molecule has 0 aromatic carbocycles. The first-order valence-electron chi connectivity index (χ1n) is 3.19. The topological polar surface area (TPSA) is 36.8 Å². The summed E-state index contributed by atoms with van der Waals surface area (Å²) in [5.41, 5.74) is 2.24. The van der Waals surface area contributed by atoms with Crippen LogP contribution in [0.1, 0.15) is 13.8 Å². The van der Waals surface area contributed by atoms with Crippen molar-refractivity contribution in [2.24, 2.45) is 9.98 Å². The number of aliphatic imine (C=N–C) groups is 2. The van der Waals surface area contributed by atoms with E-state index in [0.717, 1.165) is 11.5 Å². The minimum absolute atomic E-state index is 0.792. The van der Waals surface area contributed by atoms with Crippen molar-refractivity contribution in [3.05, 3.63) is 11.3 Å². The van der Waals surface area contributed by atoms with Gasteiger partial charge in [0, 0.05) is 7.05 Å². The van der Waals surface area contributed by atoms with Gasteiger partial charge < -0.3 is 5.32 Å². The molecule has 1 rings (SSSR count). The van der Waals surface area contributed by atoms with E-state index in [-0.39, 0.29) is 0 Å². The van der Waals surface area contributed by atoms with Gasteiger partial charge in [-0.2, -0.15) is 0 Å². The summed E-state index contributed by atoms with van der Waals surface area (Å²) in [5, 5.41) is 3.01. The molecule has 0 saturated heterocycles. The van der Waals surface area contributed by atoms with Gasteiger partial charge >= 0.3 is 0 Å². The lowest BCUT2D eigenvalue weighted by Crippen LogP contribution is -2.09. The van der Waals surface area contributed by atoms with Crippen molar-refractivity contribution in [2.45, 2.75) is 13.8 Å². The Balaban J connectivity index is 2.96. The monoisotopic (exact) mass is 137 g/mol. The molecule has 0 saturated carbocycles. The third kappa shape index (κ3) is 1.07. The van der Waals surface area contributed by atoms with Gasteiger partial charge in [-0.3, -0.25) is 4.99 Å². The Hall–Kier alpha value is -1.12. The Kier molecular flexibility index (Phi) is 1.85. The lowest BCUT2D eigenvalue weighted by atomic mass is 10.2. The number of nitrogens with zero attached hydrogens (tertiary/aromatic N) is 2. The van der Waals surface area contributed by atoms with Crippen LogP contribution in [0.2, 0.25) is 0 Å². The minimum Gasteiger partial charge on any atom is -0.343 e. The summed E-state index contributed by atoms with van der Waals surface area (Å²) in [6.07, 6.45) is 1.66. The summed E-state index contributed by atoms with van der Waals surface area (Å²) in [4.78, 5) is 8.00. The maximum absolute atomic E-state index is 4.01. The molecule has 0 spiro atoms. The number of allylic oxidation sites excluding steroid dienone is 1. The summed E-state index contributed by atoms with van der Waals surface area (Å²) in [7, 11) is 1.74. The summed E-state index contributed by atoms with van der Waals surface area (Å²) in [5.74, 6) is 0.792. The molecule has 1 aliphatic rings. The van der Waals surface area contributed by atoms with Gasteiger partial charge in [-0.15, -0.1) is 0 Å². The van der Waals surface area contributed by atoms with E-state index in [4.69, 9.17) is 0 Å². The second-order valence-electron chi connectivity index (χ2n) is 2.32. The summed E-state index contributed by atoms with van der Waals surface area (Å²) >= 11 is 0. The molecule has 0 radical (unpaired) electrons. The van der Waals surface area contributed by atoms with E-state index in [1.807, 2.05) is 13.8 Å². The van der Waals surface area contributed by atoms with Crippen LogP contribution in [0.3, 0.4) is 0 Å². The predicted octanol–water partition coefficient (Wildman–Crippen LogP) is 0.940. The normalized spacial score (nSPS) is 19.9. The molecule has 0 aromatic rings. The second kappa shape index (κ2) is 2.64. The van der Waals surface area contributed by atoms with Crippen molar-refractivity contribution in [3.63, 3.8) is 0 Å². The molecule has 0 unspecified atom stereocenters. The number of rotatable bonds is 0. The molecule has 3 heteroatoms. The highest BCUT2D eigenvalue weighted by Crippen LogP contribution is 2.05. The number of amidine groups is 1. The zero-order valence-corrected chi connectivity index (χ0v) is 6.47. The fourth-order valence-electron chi connectivity index (χ4n) is 0.825. The molecule has 1 aliphatic heterocycles. The van der Waals surface area contributed by atoms with Gasteiger partial charge in [0.1, 0.15) is 0 Å². The summed E-state index contributed by atoms with van der Waals surface area (Å²) < 4.78 is 0. The predicted molar refractivity (Wildman–Crippen MR) is 43.4 cm³/mol. The van der Waals surface area contributed by atoms with Crippen LogP contribution in [0.25, 0.3) is 0 Å². The third-order valence-corrected chi connectivity index (χ3v) is 1.33. The lowest BCUT2D eigenvalue weighted by molar-refractivity contribution is 1.18. The average Bonchev–Trinajstić information content (AvgIpc) is 2.33. The maximum Gasteiger partial charge on any atom is 0.172 e. The van der Waals surface area contributed by atoms with Crippen LogP contribution < -0.4 is 5.32 Å². The molecule has 0 aromatic heterocycles. The van der Waals surface area contributed by atoms with E-state index in [1.54, 1.807) is 13.4 Å². The molecule has 3 nitrogen and oxygen atoms in total. The molecule has 0 fully saturated rings. The molecule has 1 N–H and O–H groups in total. The molecule has 10 heavy (non-hydrogen) atoms. The van der Waals surface area contributed by atoms with Gasteiger partial charge in [-0.25, -0.2) is 4.99 Å². The molecule has 0 aliphatic carbocycles. The summed E-state index contributed by atoms with van der Waals surface area (Å²) in [6.45, 7) is 4.06. The molecule has 54 valence electrons. The average molecular weight is 137 g/mol. The fraction of sp³-hybridized carbons (Fsp3) is 0.429. The Morgan fingerprint density at radius 3 is 2.70 bits per heavy atom. The second-order valence-corrected chi connectivity index (χ2v) is 2.32.